The highest BCUT2D eigenvalue weighted by molar-refractivity contribution is 7.57. The number of hydrogen-bond donors (Lipinski definition) is 1. The minimum Gasteiger partial charge on any atom is -0.320 e. The predicted molar refractivity (Wildman–Crippen MR) is 96.8 cm³/mol. The quantitative estimate of drug-likeness (QED) is 0.735. The molecule has 124 valence electrons. The fraction of sp³-hybridized carbons (Fsp3) is 0.368. The molecule has 0 heterocycles. The molecule has 2 rings (SSSR count). The minimum atomic E-state index is -3.10. The van der Waals surface area contributed by atoms with Gasteiger partial charge < -0.3 is 4.52 Å². The van der Waals surface area contributed by atoms with E-state index in [2.05, 4.69) is 25.9 Å². The van der Waals surface area contributed by atoms with Crippen LogP contribution in [0.4, 0.5) is 0 Å². The Balaban J connectivity index is 2.45. The molecular formula is C19H26NO2P. The summed E-state index contributed by atoms with van der Waals surface area (Å²) in [5, 5.41) is 3.22. The Bertz CT molecular complexity index is 611. The summed E-state index contributed by atoms with van der Waals surface area (Å²) in [5.41, 5.74) is 1.68. The van der Waals surface area contributed by atoms with Gasteiger partial charge in [0.15, 0.2) is 0 Å². The van der Waals surface area contributed by atoms with Crippen LogP contribution in [0.2, 0.25) is 0 Å². The average Bonchev–Trinajstić information content (AvgIpc) is 2.55. The summed E-state index contributed by atoms with van der Waals surface area (Å²) in [4.78, 5) is 0. The van der Waals surface area contributed by atoms with E-state index in [-0.39, 0.29) is 11.1 Å². The van der Waals surface area contributed by atoms with Crippen LogP contribution in [-0.2, 0) is 9.09 Å². The van der Waals surface area contributed by atoms with Gasteiger partial charge >= 0.3 is 0 Å². The van der Waals surface area contributed by atoms with Crippen molar-refractivity contribution >= 4 is 7.52 Å². The Morgan fingerprint density at radius 2 is 1.39 bits per heavy atom. The fourth-order valence-corrected chi connectivity index (χ4v) is 4.81. The lowest BCUT2D eigenvalue weighted by Gasteiger charge is -2.30. The second-order valence-corrected chi connectivity index (χ2v) is 9.29. The highest BCUT2D eigenvalue weighted by Gasteiger charge is 2.36. The van der Waals surface area contributed by atoms with Gasteiger partial charge in [0.1, 0.15) is 0 Å². The van der Waals surface area contributed by atoms with E-state index < -0.39 is 7.52 Å². The summed E-state index contributed by atoms with van der Waals surface area (Å²) in [6, 6.07) is 19.8. The second kappa shape index (κ2) is 7.44. The maximum absolute atomic E-state index is 13.6. The Morgan fingerprint density at radius 3 is 1.74 bits per heavy atom. The molecule has 3 nitrogen and oxygen atoms in total. The van der Waals surface area contributed by atoms with Crippen LogP contribution in [0.25, 0.3) is 0 Å². The molecule has 1 unspecified atom stereocenters. The fourth-order valence-electron chi connectivity index (χ4n) is 2.46. The Labute approximate surface area is 139 Å². The topological polar surface area (TPSA) is 38.3 Å². The molecule has 0 fully saturated rings. The van der Waals surface area contributed by atoms with Crippen LogP contribution in [-0.4, -0.2) is 13.7 Å². The van der Waals surface area contributed by atoms with Crippen LogP contribution < -0.4 is 5.09 Å². The van der Waals surface area contributed by atoms with Crippen molar-refractivity contribution in [1.29, 1.82) is 0 Å². The van der Waals surface area contributed by atoms with Crippen molar-refractivity contribution in [2.45, 2.75) is 26.4 Å². The van der Waals surface area contributed by atoms with Crippen molar-refractivity contribution in [2.24, 2.45) is 5.41 Å². The summed E-state index contributed by atoms with van der Waals surface area (Å²) in [5.74, 6) is 0. The summed E-state index contributed by atoms with van der Waals surface area (Å²) < 4.78 is 19.1. The van der Waals surface area contributed by atoms with Crippen LogP contribution >= 0.6 is 7.52 Å². The molecule has 0 aliphatic heterocycles. The Morgan fingerprint density at radius 1 is 0.957 bits per heavy atom. The molecule has 2 aromatic rings. The van der Waals surface area contributed by atoms with Gasteiger partial charge in [-0.15, -0.1) is 0 Å². The third-order valence-corrected chi connectivity index (χ3v) is 6.09. The highest BCUT2D eigenvalue weighted by atomic mass is 31.2. The Kier molecular flexibility index (Phi) is 5.80. The molecule has 2 aromatic carbocycles. The maximum Gasteiger partial charge on any atom is 0.281 e. The highest BCUT2D eigenvalue weighted by Crippen LogP contribution is 2.59. The van der Waals surface area contributed by atoms with Crippen molar-refractivity contribution in [3.63, 3.8) is 0 Å². The van der Waals surface area contributed by atoms with Crippen LogP contribution in [0, 0.1) is 5.41 Å². The molecule has 0 aliphatic carbocycles. The lowest BCUT2D eigenvalue weighted by Crippen LogP contribution is -2.27. The van der Waals surface area contributed by atoms with E-state index in [1.807, 2.05) is 60.7 Å². The van der Waals surface area contributed by atoms with Gasteiger partial charge in [-0.1, -0.05) is 81.4 Å². The second-order valence-electron chi connectivity index (χ2n) is 6.90. The van der Waals surface area contributed by atoms with E-state index in [1.165, 1.54) is 7.11 Å². The molecule has 1 atom stereocenters. The van der Waals surface area contributed by atoms with Crippen molar-refractivity contribution < 1.29 is 9.09 Å². The summed E-state index contributed by atoms with van der Waals surface area (Å²) in [6.07, 6.45) is 0. The van der Waals surface area contributed by atoms with Crippen molar-refractivity contribution in [3.8, 4) is 0 Å². The molecule has 0 amide bonds. The molecule has 23 heavy (non-hydrogen) atoms. The SMILES string of the molecule is COP(=O)(NCC(C)(C)C)C(c1ccccc1)c1ccccc1. The first-order valence-corrected chi connectivity index (χ1v) is 9.55. The minimum absolute atomic E-state index is 0.0200. The van der Waals surface area contributed by atoms with E-state index in [4.69, 9.17) is 4.52 Å². The van der Waals surface area contributed by atoms with Crippen molar-refractivity contribution in [2.75, 3.05) is 13.7 Å². The van der Waals surface area contributed by atoms with Gasteiger partial charge in [-0.05, 0) is 16.5 Å². The van der Waals surface area contributed by atoms with Crippen LogP contribution in [0.5, 0.6) is 0 Å². The van der Waals surface area contributed by atoms with Gasteiger partial charge in [0, 0.05) is 13.7 Å². The van der Waals surface area contributed by atoms with Crippen molar-refractivity contribution in [1.82, 2.24) is 5.09 Å². The molecule has 0 radical (unpaired) electrons. The molecule has 0 spiro atoms. The van der Waals surface area contributed by atoms with E-state index in [0.717, 1.165) is 11.1 Å². The van der Waals surface area contributed by atoms with Gasteiger partial charge in [-0.2, -0.15) is 0 Å². The Hall–Kier alpha value is -1.41. The summed E-state index contributed by atoms with van der Waals surface area (Å²) in [6.45, 7) is 6.95. The number of hydrogen-bond acceptors (Lipinski definition) is 2. The van der Waals surface area contributed by atoms with Gasteiger partial charge in [-0.3, -0.25) is 4.57 Å². The third kappa shape index (κ3) is 4.78. The number of nitrogens with one attached hydrogen (secondary N) is 1. The first kappa shape index (κ1) is 17.9. The molecule has 0 aromatic heterocycles. The van der Waals surface area contributed by atoms with Gasteiger partial charge in [-0.25, -0.2) is 5.09 Å². The van der Waals surface area contributed by atoms with E-state index in [0.29, 0.717) is 6.54 Å². The predicted octanol–water partition coefficient (Wildman–Crippen LogP) is 5.25. The standard InChI is InChI=1S/C19H26NO2P/c1-19(2,3)15-20-23(21,22-4)18(16-11-7-5-8-12-16)17-13-9-6-10-14-17/h5-14,18H,15H2,1-4H3,(H,20,21). The van der Waals surface area contributed by atoms with E-state index >= 15 is 0 Å². The first-order valence-electron chi connectivity index (χ1n) is 7.86. The number of rotatable bonds is 6. The van der Waals surface area contributed by atoms with Crippen LogP contribution in [0.3, 0.4) is 0 Å². The van der Waals surface area contributed by atoms with Gasteiger partial charge in [0.2, 0.25) is 0 Å². The third-order valence-electron chi connectivity index (χ3n) is 3.67. The van der Waals surface area contributed by atoms with E-state index in [1.54, 1.807) is 0 Å². The molecule has 0 saturated carbocycles. The summed E-state index contributed by atoms with van der Waals surface area (Å²) >= 11 is 0. The van der Waals surface area contributed by atoms with Gasteiger partial charge in [0.25, 0.3) is 7.52 Å². The smallest absolute Gasteiger partial charge is 0.281 e. The molecule has 4 heteroatoms. The molecular weight excluding hydrogens is 305 g/mol. The number of benzene rings is 2. The molecule has 0 aliphatic rings. The van der Waals surface area contributed by atoms with Crippen LogP contribution in [0.1, 0.15) is 37.6 Å². The van der Waals surface area contributed by atoms with Crippen LogP contribution in [0.15, 0.2) is 60.7 Å². The maximum atomic E-state index is 13.6. The largest absolute Gasteiger partial charge is 0.320 e. The monoisotopic (exact) mass is 331 g/mol. The zero-order valence-corrected chi connectivity index (χ0v) is 15.2. The average molecular weight is 331 g/mol. The zero-order chi connectivity index (χ0) is 16.9. The molecule has 0 saturated heterocycles. The molecule has 1 N–H and O–H groups in total. The normalized spacial score (nSPS) is 14.7. The lowest BCUT2D eigenvalue weighted by atomic mass is 9.98. The molecule has 0 bridgehead atoms. The van der Waals surface area contributed by atoms with E-state index in [9.17, 15) is 4.57 Å². The van der Waals surface area contributed by atoms with Gasteiger partial charge in [0.05, 0.1) is 5.66 Å². The summed E-state index contributed by atoms with van der Waals surface area (Å²) in [7, 11) is -1.58. The first-order chi connectivity index (χ1) is 10.9. The lowest BCUT2D eigenvalue weighted by molar-refractivity contribution is 0.350. The van der Waals surface area contributed by atoms with Crippen molar-refractivity contribution in [3.05, 3.63) is 71.8 Å². The zero-order valence-electron chi connectivity index (χ0n) is 14.3.